The topological polar surface area (TPSA) is 23.8 Å². The Morgan fingerprint density at radius 1 is 0.870 bits per heavy atom. The molecule has 1 heteroatoms. The highest BCUT2D eigenvalue weighted by Crippen LogP contribution is 2.39. The normalized spacial score (nSPS) is 16.0. The van der Waals surface area contributed by atoms with E-state index in [9.17, 15) is 0 Å². The first-order chi connectivity index (χ1) is 11.3. The van der Waals surface area contributed by atoms with Gasteiger partial charge in [-0.1, -0.05) is 55.0 Å². The molecule has 0 aliphatic heterocycles. The Labute approximate surface area is 139 Å². The van der Waals surface area contributed by atoms with Gasteiger partial charge in [-0.15, -0.1) is 0 Å². The summed E-state index contributed by atoms with van der Waals surface area (Å²) in [5.41, 5.74) is 5.60. The van der Waals surface area contributed by atoms with Crippen LogP contribution in [0.5, 0.6) is 0 Å². The molecule has 0 saturated heterocycles. The van der Waals surface area contributed by atoms with Gasteiger partial charge in [-0.3, -0.25) is 0 Å². The van der Waals surface area contributed by atoms with Gasteiger partial charge >= 0.3 is 0 Å². The van der Waals surface area contributed by atoms with Crippen molar-refractivity contribution in [1.82, 2.24) is 0 Å². The molecule has 0 heterocycles. The fourth-order valence-electron chi connectivity index (χ4n) is 2.93. The summed E-state index contributed by atoms with van der Waals surface area (Å²) in [6.07, 6.45) is 9.42. The van der Waals surface area contributed by atoms with E-state index < -0.39 is 0 Å². The van der Waals surface area contributed by atoms with E-state index in [1.165, 1.54) is 22.6 Å². The summed E-state index contributed by atoms with van der Waals surface area (Å²) in [5, 5.41) is 9.03. The van der Waals surface area contributed by atoms with Crippen LogP contribution < -0.4 is 0 Å². The Balaban J connectivity index is 2.14. The molecule has 0 atom stereocenters. The van der Waals surface area contributed by atoms with Gasteiger partial charge in [-0.25, -0.2) is 0 Å². The molecule has 2 aromatic carbocycles. The molecule has 2 aromatic rings. The van der Waals surface area contributed by atoms with Crippen LogP contribution in [-0.4, -0.2) is 0 Å². The van der Waals surface area contributed by atoms with E-state index in [0.717, 1.165) is 12.0 Å². The molecule has 0 unspecified atom stereocenters. The average Bonchev–Trinajstić information content (AvgIpc) is 3.15. The van der Waals surface area contributed by atoms with Crippen LogP contribution in [0.25, 0.3) is 5.57 Å². The molecule has 1 fully saturated rings. The Kier molecular flexibility index (Phi) is 4.93. The predicted molar refractivity (Wildman–Crippen MR) is 94.4 cm³/mol. The predicted octanol–water partition coefficient (Wildman–Crippen LogP) is 5.18. The lowest BCUT2D eigenvalue weighted by Gasteiger charge is -2.20. The van der Waals surface area contributed by atoms with Gasteiger partial charge < -0.3 is 0 Å². The summed E-state index contributed by atoms with van der Waals surface area (Å²) in [6, 6.07) is 20.5. The summed E-state index contributed by atoms with van der Waals surface area (Å²) >= 11 is 0. The summed E-state index contributed by atoms with van der Waals surface area (Å²) in [5.74, 6) is 1.26. The molecular weight excluding hydrogens is 278 g/mol. The number of allylic oxidation sites excluding steroid dienone is 1. The fraction of sp³-hybridized carbons (Fsp3) is 0.0909. The molecule has 0 spiro atoms. The lowest BCUT2D eigenvalue weighted by molar-refractivity contribution is 1.06. The van der Waals surface area contributed by atoms with Crippen molar-refractivity contribution in [2.45, 2.75) is 13.3 Å². The first-order valence-electron chi connectivity index (χ1n) is 7.84. The average molecular weight is 296 g/mol. The second-order valence-electron chi connectivity index (χ2n) is 5.44. The molecule has 111 valence electrons. The third-order valence-electron chi connectivity index (χ3n) is 4.03. The Morgan fingerprint density at radius 2 is 1.48 bits per heavy atom. The molecule has 0 aromatic heterocycles. The first kappa shape index (κ1) is 15.6. The quantitative estimate of drug-likeness (QED) is 0.763. The van der Waals surface area contributed by atoms with Crippen LogP contribution >= 0.6 is 0 Å². The van der Waals surface area contributed by atoms with Crippen molar-refractivity contribution in [1.29, 1.82) is 5.26 Å². The number of benzene rings is 2. The van der Waals surface area contributed by atoms with E-state index in [1.54, 1.807) is 0 Å². The fourth-order valence-corrected chi connectivity index (χ4v) is 2.93. The van der Waals surface area contributed by atoms with Crippen LogP contribution in [0.15, 0.2) is 60.2 Å². The van der Waals surface area contributed by atoms with Crippen molar-refractivity contribution in [3.63, 3.8) is 0 Å². The molecule has 1 nitrogen and oxygen atoms in total. The molecule has 3 rings (SSSR count). The number of hydrogen-bond donors (Lipinski definition) is 0. The maximum absolute atomic E-state index is 9.03. The van der Waals surface area contributed by atoms with Gasteiger partial charge in [0.15, 0.2) is 0 Å². The Hall–Kier alpha value is -2.33. The zero-order chi connectivity index (χ0) is 16.1. The van der Waals surface area contributed by atoms with E-state index in [2.05, 4.69) is 62.9 Å². The second-order valence-corrected chi connectivity index (χ2v) is 5.44. The third-order valence-corrected chi connectivity index (χ3v) is 4.03. The lowest BCUT2D eigenvalue weighted by Crippen LogP contribution is -2.03. The van der Waals surface area contributed by atoms with E-state index in [-0.39, 0.29) is 0 Å². The number of hydrogen-bond acceptors (Lipinski definition) is 1. The summed E-state index contributed by atoms with van der Waals surface area (Å²) in [6.45, 7) is 2.19. The van der Waals surface area contributed by atoms with E-state index in [4.69, 9.17) is 5.26 Å². The molecule has 0 amide bonds. The Bertz CT molecular complexity index is 711. The molecular formula is C22H18N. The molecule has 1 saturated carbocycles. The Morgan fingerprint density at radius 3 is 2.04 bits per heavy atom. The van der Waals surface area contributed by atoms with Crippen LogP contribution in [0.4, 0.5) is 0 Å². The van der Waals surface area contributed by atoms with Gasteiger partial charge in [0.25, 0.3) is 0 Å². The molecule has 0 bridgehead atoms. The minimum Gasteiger partial charge on any atom is -0.192 e. The largest absolute Gasteiger partial charge is 0.192 e. The van der Waals surface area contributed by atoms with Crippen LogP contribution in [-0.2, 0) is 0 Å². The highest BCUT2D eigenvalue weighted by atomic mass is 14.3. The number of nitrogens with zero attached hydrogens (tertiary/aromatic N) is 1. The highest BCUT2D eigenvalue weighted by Gasteiger charge is 2.24. The number of nitriles is 1. The van der Waals surface area contributed by atoms with Crippen molar-refractivity contribution in [2.75, 3.05) is 0 Å². The van der Waals surface area contributed by atoms with Crippen molar-refractivity contribution in [3.05, 3.63) is 108 Å². The maximum atomic E-state index is 9.03. The van der Waals surface area contributed by atoms with Crippen molar-refractivity contribution in [2.24, 2.45) is 0 Å². The van der Waals surface area contributed by atoms with Gasteiger partial charge in [0.05, 0.1) is 11.6 Å². The SMILES string of the molecule is CC/C([C]1[CH][CH][CH][CH]1)=C(/c1ccccc1)c1ccc(C#N)cc1. The molecule has 1 aliphatic rings. The third kappa shape index (κ3) is 3.37. The zero-order valence-corrected chi connectivity index (χ0v) is 13.2. The van der Waals surface area contributed by atoms with Crippen LogP contribution in [0.2, 0.25) is 0 Å². The number of rotatable bonds is 4. The van der Waals surface area contributed by atoms with Gasteiger partial charge in [0.1, 0.15) is 0 Å². The standard InChI is InChI=1S/C22H18N/c1-2-21(18-8-6-7-9-18)22(19-10-4-3-5-11-19)20-14-12-17(16-23)13-15-20/h3-15H,2H2,1H3/b22-21+. The van der Waals surface area contributed by atoms with E-state index in [0.29, 0.717) is 5.56 Å². The summed E-state index contributed by atoms with van der Waals surface area (Å²) in [4.78, 5) is 0. The lowest BCUT2D eigenvalue weighted by atomic mass is 9.84. The molecule has 0 N–H and O–H groups in total. The van der Waals surface area contributed by atoms with Crippen molar-refractivity contribution in [3.8, 4) is 6.07 Å². The van der Waals surface area contributed by atoms with Crippen LogP contribution in [0, 0.1) is 42.9 Å². The minimum atomic E-state index is 0.688. The van der Waals surface area contributed by atoms with Crippen molar-refractivity contribution < 1.29 is 0 Å². The van der Waals surface area contributed by atoms with Gasteiger partial charge in [-0.05, 0) is 60.9 Å². The summed E-state index contributed by atoms with van der Waals surface area (Å²) < 4.78 is 0. The van der Waals surface area contributed by atoms with E-state index in [1.807, 2.05) is 30.3 Å². The molecule has 23 heavy (non-hydrogen) atoms. The van der Waals surface area contributed by atoms with Gasteiger partial charge in [0.2, 0.25) is 0 Å². The summed E-state index contributed by atoms with van der Waals surface area (Å²) in [7, 11) is 0. The van der Waals surface area contributed by atoms with Gasteiger partial charge in [-0.2, -0.15) is 5.26 Å². The minimum absolute atomic E-state index is 0.688. The maximum Gasteiger partial charge on any atom is 0.0991 e. The highest BCUT2D eigenvalue weighted by molar-refractivity contribution is 5.85. The van der Waals surface area contributed by atoms with Gasteiger partial charge in [0, 0.05) is 5.92 Å². The van der Waals surface area contributed by atoms with E-state index >= 15 is 0 Å². The van der Waals surface area contributed by atoms with Crippen LogP contribution in [0.1, 0.15) is 30.0 Å². The second kappa shape index (κ2) is 7.29. The van der Waals surface area contributed by atoms with Crippen LogP contribution in [0.3, 0.4) is 0 Å². The zero-order valence-electron chi connectivity index (χ0n) is 13.2. The smallest absolute Gasteiger partial charge is 0.0991 e. The molecule has 1 aliphatic carbocycles. The monoisotopic (exact) mass is 296 g/mol. The molecule has 5 radical (unpaired) electrons. The first-order valence-corrected chi connectivity index (χ1v) is 7.84. The van der Waals surface area contributed by atoms with Crippen molar-refractivity contribution >= 4 is 5.57 Å².